The Bertz CT molecular complexity index is 405. The highest BCUT2D eigenvalue weighted by Gasteiger charge is 2.10. The Kier molecular flexibility index (Phi) is 1.89. The zero-order chi connectivity index (χ0) is 9.35. The summed E-state index contributed by atoms with van der Waals surface area (Å²) in [6.45, 7) is 0. The lowest BCUT2D eigenvalue weighted by Crippen LogP contribution is -2.07. The maximum atomic E-state index is 10.8. The molecule has 66 valence electrons. The van der Waals surface area contributed by atoms with Gasteiger partial charge in [-0.25, -0.2) is 22.2 Å². The van der Waals surface area contributed by atoms with Crippen LogP contribution in [0, 0.1) is 0 Å². The molecule has 0 radical (unpaired) electrons. The van der Waals surface area contributed by atoms with E-state index in [0.29, 0.717) is 0 Å². The predicted octanol–water partition coefficient (Wildman–Crippen LogP) is -0.611. The van der Waals surface area contributed by atoms with Gasteiger partial charge in [-0.3, -0.25) is 0 Å². The summed E-state index contributed by atoms with van der Waals surface area (Å²) in [7, 11) is -3.42. The number of nitrogens with zero attached hydrogens (tertiary/aromatic N) is 2. The number of carboxylic acid groups (broad SMARTS) is 1. The lowest BCUT2D eigenvalue weighted by Gasteiger charge is -1.93. The number of hydrogen-bond acceptors (Lipinski definition) is 4. The fourth-order valence-electron chi connectivity index (χ4n) is 0.598. The predicted molar refractivity (Wildman–Crippen MR) is 39.4 cm³/mol. The fourth-order valence-corrected chi connectivity index (χ4v) is 1.11. The zero-order valence-corrected chi connectivity index (χ0v) is 6.95. The number of aromatic carboxylic acids is 1. The van der Waals surface area contributed by atoms with Gasteiger partial charge in [0.2, 0.25) is 10.0 Å². The van der Waals surface area contributed by atoms with Gasteiger partial charge in [0.05, 0.1) is 12.5 Å². The number of imidazole rings is 1. The van der Waals surface area contributed by atoms with E-state index in [0.717, 1.165) is 22.8 Å². The first-order valence-corrected chi connectivity index (χ1v) is 4.74. The normalized spacial score (nSPS) is 11.4. The second-order valence-corrected chi connectivity index (χ2v) is 4.04. The highest BCUT2D eigenvalue weighted by Crippen LogP contribution is 1.98. The number of hydrogen-bond donors (Lipinski definition) is 1. The average Bonchev–Trinajstić information content (AvgIpc) is 2.30. The van der Waals surface area contributed by atoms with E-state index < -0.39 is 16.0 Å². The molecular weight excluding hydrogens is 184 g/mol. The maximum absolute atomic E-state index is 10.8. The van der Waals surface area contributed by atoms with Gasteiger partial charge in [0.15, 0.2) is 5.69 Å². The monoisotopic (exact) mass is 190 g/mol. The van der Waals surface area contributed by atoms with E-state index >= 15 is 0 Å². The molecule has 0 amide bonds. The molecule has 1 aromatic heterocycles. The molecule has 1 rings (SSSR count). The van der Waals surface area contributed by atoms with Crippen molar-refractivity contribution in [2.75, 3.05) is 6.26 Å². The molecule has 0 aromatic carbocycles. The van der Waals surface area contributed by atoms with Crippen molar-refractivity contribution in [3.8, 4) is 0 Å². The number of rotatable bonds is 2. The van der Waals surface area contributed by atoms with Crippen LogP contribution >= 0.6 is 0 Å². The van der Waals surface area contributed by atoms with Crippen molar-refractivity contribution in [2.24, 2.45) is 0 Å². The number of aromatic nitrogens is 2. The molecule has 0 atom stereocenters. The Hall–Kier alpha value is -1.37. The van der Waals surface area contributed by atoms with Gasteiger partial charge >= 0.3 is 5.97 Å². The molecule has 0 bridgehead atoms. The topological polar surface area (TPSA) is 89.3 Å². The molecule has 12 heavy (non-hydrogen) atoms. The van der Waals surface area contributed by atoms with Crippen molar-refractivity contribution in [1.82, 2.24) is 8.96 Å². The van der Waals surface area contributed by atoms with Crippen LogP contribution in [0.3, 0.4) is 0 Å². The number of carboxylic acids is 1. The summed E-state index contributed by atoms with van der Waals surface area (Å²) in [5.74, 6) is -1.25. The average molecular weight is 190 g/mol. The van der Waals surface area contributed by atoms with E-state index in [-0.39, 0.29) is 5.69 Å². The summed E-state index contributed by atoms with van der Waals surface area (Å²) in [5, 5.41) is 8.39. The van der Waals surface area contributed by atoms with Gasteiger partial charge < -0.3 is 5.11 Å². The third-order valence-corrected chi connectivity index (χ3v) is 2.13. The van der Waals surface area contributed by atoms with Crippen LogP contribution < -0.4 is 0 Å². The van der Waals surface area contributed by atoms with Crippen LogP contribution in [0.2, 0.25) is 0 Å². The van der Waals surface area contributed by atoms with Crippen LogP contribution in [-0.2, 0) is 10.0 Å². The molecule has 1 aromatic rings. The quantitative estimate of drug-likeness (QED) is 0.671. The Balaban J connectivity index is 3.17. The molecule has 0 aliphatic heterocycles. The molecule has 0 unspecified atom stereocenters. The molecular formula is C5H6N2O4S. The first kappa shape index (κ1) is 8.72. The molecule has 6 nitrogen and oxygen atoms in total. The molecule has 0 fully saturated rings. The minimum absolute atomic E-state index is 0.291. The van der Waals surface area contributed by atoms with E-state index in [1.807, 2.05) is 0 Å². The van der Waals surface area contributed by atoms with Crippen LogP contribution in [0.25, 0.3) is 0 Å². The van der Waals surface area contributed by atoms with Gasteiger partial charge in [-0.05, 0) is 0 Å². The third-order valence-electron chi connectivity index (χ3n) is 1.16. The minimum Gasteiger partial charge on any atom is -0.476 e. The highest BCUT2D eigenvalue weighted by molar-refractivity contribution is 7.89. The summed E-state index contributed by atoms with van der Waals surface area (Å²) in [6, 6.07) is 0. The summed E-state index contributed by atoms with van der Waals surface area (Å²) in [6.07, 6.45) is 2.84. The van der Waals surface area contributed by atoms with E-state index in [4.69, 9.17) is 5.11 Å². The Morgan fingerprint density at radius 1 is 1.67 bits per heavy atom. The summed E-state index contributed by atoms with van der Waals surface area (Å²) >= 11 is 0. The van der Waals surface area contributed by atoms with Crippen molar-refractivity contribution in [2.45, 2.75) is 0 Å². The molecule has 0 aliphatic rings. The molecule has 0 spiro atoms. The second-order valence-electron chi connectivity index (χ2n) is 2.16. The largest absolute Gasteiger partial charge is 0.476 e. The first-order chi connectivity index (χ1) is 5.41. The summed E-state index contributed by atoms with van der Waals surface area (Å²) < 4.78 is 22.3. The van der Waals surface area contributed by atoms with Gasteiger partial charge in [-0.2, -0.15) is 0 Å². The van der Waals surface area contributed by atoms with Crippen molar-refractivity contribution >= 4 is 16.0 Å². The fraction of sp³-hybridized carbons (Fsp3) is 0.200. The van der Waals surface area contributed by atoms with Crippen molar-refractivity contribution in [1.29, 1.82) is 0 Å². The molecule has 0 saturated carbocycles. The first-order valence-electron chi connectivity index (χ1n) is 2.89. The van der Waals surface area contributed by atoms with Gasteiger partial charge in [0.1, 0.15) is 6.33 Å². The Morgan fingerprint density at radius 3 is 2.50 bits per heavy atom. The van der Waals surface area contributed by atoms with Crippen LogP contribution in [0.1, 0.15) is 10.5 Å². The second kappa shape index (κ2) is 2.59. The highest BCUT2D eigenvalue weighted by atomic mass is 32.2. The molecule has 0 saturated heterocycles. The third kappa shape index (κ3) is 1.62. The van der Waals surface area contributed by atoms with Crippen LogP contribution in [0.4, 0.5) is 0 Å². The number of carbonyl (C=O) groups is 1. The van der Waals surface area contributed by atoms with Gasteiger partial charge in [0, 0.05) is 0 Å². The van der Waals surface area contributed by atoms with Gasteiger partial charge in [0.25, 0.3) is 0 Å². The smallest absolute Gasteiger partial charge is 0.356 e. The Labute approximate surface area is 68.5 Å². The van der Waals surface area contributed by atoms with E-state index in [2.05, 4.69) is 4.98 Å². The van der Waals surface area contributed by atoms with Crippen LogP contribution in [0.5, 0.6) is 0 Å². The summed E-state index contributed by atoms with van der Waals surface area (Å²) in [4.78, 5) is 13.6. The summed E-state index contributed by atoms with van der Waals surface area (Å²) in [5.41, 5.74) is -0.291. The minimum atomic E-state index is -3.42. The standard InChI is InChI=1S/C5H6N2O4S/c1-12(10,11)7-2-4(5(8)9)6-3-7/h2-3H,1H3,(H,8,9). The SMILES string of the molecule is CS(=O)(=O)n1cnc(C(=O)O)c1. The Morgan fingerprint density at radius 2 is 2.25 bits per heavy atom. The van der Waals surface area contributed by atoms with E-state index in [1.54, 1.807) is 0 Å². The van der Waals surface area contributed by atoms with Crippen molar-refractivity contribution < 1.29 is 18.3 Å². The molecule has 0 aliphatic carbocycles. The maximum Gasteiger partial charge on any atom is 0.356 e. The lowest BCUT2D eigenvalue weighted by atomic mass is 10.5. The van der Waals surface area contributed by atoms with Gasteiger partial charge in [-0.15, -0.1) is 0 Å². The van der Waals surface area contributed by atoms with Crippen LogP contribution in [0.15, 0.2) is 12.5 Å². The van der Waals surface area contributed by atoms with E-state index in [9.17, 15) is 13.2 Å². The van der Waals surface area contributed by atoms with Crippen molar-refractivity contribution in [3.63, 3.8) is 0 Å². The van der Waals surface area contributed by atoms with E-state index in [1.165, 1.54) is 0 Å². The van der Waals surface area contributed by atoms with Gasteiger partial charge in [-0.1, -0.05) is 0 Å². The lowest BCUT2D eigenvalue weighted by molar-refractivity contribution is 0.0691. The molecule has 1 N–H and O–H groups in total. The molecule has 7 heteroatoms. The van der Waals surface area contributed by atoms with Crippen molar-refractivity contribution in [3.05, 3.63) is 18.2 Å². The molecule has 1 heterocycles. The zero-order valence-electron chi connectivity index (χ0n) is 6.13. The van der Waals surface area contributed by atoms with Crippen LogP contribution in [-0.4, -0.2) is 34.7 Å².